The maximum atomic E-state index is 5.71. The fourth-order valence-corrected chi connectivity index (χ4v) is 3.67. The highest BCUT2D eigenvalue weighted by atomic mass is 15.1. The van der Waals surface area contributed by atoms with Gasteiger partial charge in [-0.15, -0.1) is 5.10 Å². The van der Waals surface area contributed by atoms with Crippen molar-refractivity contribution in [2.75, 3.05) is 0 Å². The van der Waals surface area contributed by atoms with Gasteiger partial charge in [-0.2, -0.15) is 5.10 Å². The molecule has 3 nitrogen and oxygen atoms in total. The van der Waals surface area contributed by atoms with Crippen molar-refractivity contribution in [2.45, 2.75) is 6.54 Å². The van der Waals surface area contributed by atoms with Crippen LogP contribution in [-0.4, -0.2) is 10.2 Å². The summed E-state index contributed by atoms with van der Waals surface area (Å²) < 4.78 is 0. The molecule has 0 aliphatic heterocycles. The van der Waals surface area contributed by atoms with E-state index in [0.717, 1.165) is 27.6 Å². The lowest BCUT2D eigenvalue weighted by Crippen LogP contribution is -1.96. The summed E-state index contributed by atoms with van der Waals surface area (Å²) in [7, 11) is 0. The first-order valence-electron chi connectivity index (χ1n) is 8.70. The largest absolute Gasteiger partial charge is 0.326 e. The van der Waals surface area contributed by atoms with Crippen molar-refractivity contribution in [1.29, 1.82) is 0 Å². The second-order valence-electron chi connectivity index (χ2n) is 6.50. The first-order chi connectivity index (χ1) is 12.8. The molecule has 0 aliphatic carbocycles. The van der Waals surface area contributed by atoms with Crippen molar-refractivity contribution in [3.05, 3.63) is 84.6 Å². The third kappa shape index (κ3) is 2.25. The molecular formula is C23H17N3. The van der Waals surface area contributed by atoms with Crippen LogP contribution in [0.4, 0.5) is 0 Å². The summed E-state index contributed by atoms with van der Waals surface area (Å²) in [6.07, 6.45) is 1.87. The maximum absolute atomic E-state index is 5.71. The van der Waals surface area contributed by atoms with Gasteiger partial charge in [0.15, 0.2) is 0 Å². The molecule has 124 valence electrons. The zero-order valence-electron chi connectivity index (χ0n) is 14.2. The van der Waals surface area contributed by atoms with Gasteiger partial charge in [0.05, 0.1) is 6.20 Å². The molecule has 1 aromatic heterocycles. The molecule has 0 fully saturated rings. The lowest BCUT2D eigenvalue weighted by molar-refractivity contribution is 1.05. The van der Waals surface area contributed by atoms with E-state index in [9.17, 15) is 0 Å². The average Bonchev–Trinajstić information content (AvgIpc) is 2.73. The smallest absolute Gasteiger partial charge is 0.101 e. The third-order valence-corrected chi connectivity index (χ3v) is 5.03. The molecule has 3 heteroatoms. The summed E-state index contributed by atoms with van der Waals surface area (Å²) >= 11 is 0. The molecule has 0 unspecified atom stereocenters. The van der Waals surface area contributed by atoms with Gasteiger partial charge in [0.1, 0.15) is 5.69 Å². The van der Waals surface area contributed by atoms with Crippen LogP contribution in [0, 0.1) is 0 Å². The van der Waals surface area contributed by atoms with E-state index in [1.54, 1.807) is 0 Å². The topological polar surface area (TPSA) is 51.8 Å². The molecule has 0 aliphatic rings. The number of hydrogen-bond donors (Lipinski definition) is 1. The summed E-state index contributed by atoms with van der Waals surface area (Å²) in [6, 6.07) is 25.4. The predicted molar refractivity (Wildman–Crippen MR) is 108 cm³/mol. The van der Waals surface area contributed by atoms with Gasteiger partial charge in [-0.25, -0.2) is 0 Å². The third-order valence-electron chi connectivity index (χ3n) is 5.03. The molecule has 0 spiro atoms. The summed E-state index contributed by atoms with van der Waals surface area (Å²) in [6.45, 7) is 0.541. The second-order valence-corrected chi connectivity index (χ2v) is 6.50. The first-order valence-corrected chi connectivity index (χ1v) is 8.70. The van der Waals surface area contributed by atoms with Gasteiger partial charge in [0.2, 0.25) is 0 Å². The molecule has 0 saturated carbocycles. The van der Waals surface area contributed by atoms with Crippen LogP contribution in [0.5, 0.6) is 0 Å². The molecule has 0 amide bonds. The molecule has 5 rings (SSSR count). The Morgan fingerprint density at radius 3 is 2.23 bits per heavy atom. The van der Waals surface area contributed by atoms with E-state index in [0.29, 0.717) is 6.54 Å². The van der Waals surface area contributed by atoms with Gasteiger partial charge < -0.3 is 5.73 Å². The fraction of sp³-hybridized carbons (Fsp3) is 0.0435. The van der Waals surface area contributed by atoms with Crippen LogP contribution in [0.15, 0.2) is 79.0 Å². The van der Waals surface area contributed by atoms with Gasteiger partial charge in [-0.3, -0.25) is 0 Å². The normalized spacial score (nSPS) is 11.4. The van der Waals surface area contributed by atoms with Crippen molar-refractivity contribution >= 4 is 32.3 Å². The first kappa shape index (κ1) is 15.0. The van der Waals surface area contributed by atoms with Gasteiger partial charge in [0.25, 0.3) is 0 Å². The van der Waals surface area contributed by atoms with Crippen LogP contribution in [0.2, 0.25) is 0 Å². The minimum Gasteiger partial charge on any atom is -0.326 e. The summed E-state index contributed by atoms with van der Waals surface area (Å²) in [4.78, 5) is 0. The SMILES string of the molecule is NCc1ccc(-c2nncc3c2ccc2c4ccccc4ccc32)cc1. The van der Waals surface area contributed by atoms with Crippen LogP contribution >= 0.6 is 0 Å². The van der Waals surface area contributed by atoms with E-state index in [2.05, 4.69) is 70.9 Å². The highest BCUT2D eigenvalue weighted by Crippen LogP contribution is 2.34. The van der Waals surface area contributed by atoms with Crippen LogP contribution in [0.25, 0.3) is 43.6 Å². The standard InChI is InChI=1S/C23H17N3/c24-13-15-5-7-17(8-6-15)23-21-12-11-19-18-4-2-1-3-16(18)9-10-20(19)22(21)14-25-26-23/h1-12,14H,13,24H2. The molecule has 0 radical (unpaired) electrons. The Hall–Kier alpha value is -3.30. The van der Waals surface area contributed by atoms with Crippen LogP contribution in [0.3, 0.4) is 0 Å². The van der Waals surface area contributed by atoms with Crippen LogP contribution < -0.4 is 5.73 Å². The fourth-order valence-electron chi connectivity index (χ4n) is 3.67. The Kier molecular flexibility index (Phi) is 3.40. The van der Waals surface area contributed by atoms with E-state index in [-0.39, 0.29) is 0 Å². The number of benzene rings is 4. The van der Waals surface area contributed by atoms with E-state index < -0.39 is 0 Å². The second kappa shape index (κ2) is 5.90. The van der Waals surface area contributed by atoms with Crippen molar-refractivity contribution in [2.24, 2.45) is 5.73 Å². The van der Waals surface area contributed by atoms with E-state index in [1.165, 1.54) is 21.5 Å². The highest BCUT2D eigenvalue weighted by molar-refractivity contribution is 6.18. The lowest BCUT2D eigenvalue weighted by Gasteiger charge is -2.10. The Labute approximate surface area is 151 Å². The molecule has 26 heavy (non-hydrogen) atoms. The number of nitrogens with two attached hydrogens (primary N) is 1. The van der Waals surface area contributed by atoms with Crippen molar-refractivity contribution in [3.8, 4) is 11.3 Å². The number of nitrogens with zero attached hydrogens (tertiary/aromatic N) is 2. The highest BCUT2D eigenvalue weighted by Gasteiger charge is 2.10. The maximum Gasteiger partial charge on any atom is 0.101 e. The Morgan fingerprint density at radius 2 is 1.38 bits per heavy atom. The molecule has 0 saturated heterocycles. The van der Waals surface area contributed by atoms with Gasteiger partial charge >= 0.3 is 0 Å². The van der Waals surface area contributed by atoms with Crippen LogP contribution in [-0.2, 0) is 6.54 Å². The van der Waals surface area contributed by atoms with Gasteiger partial charge in [-0.05, 0) is 27.1 Å². The molecule has 2 N–H and O–H groups in total. The zero-order chi connectivity index (χ0) is 17.5. The monoisotopic (exact) mass is 335 g/mol. The van der Waals surface area contributed by atoms with E-state index >= 15 is 0 Å². The molecule has 1 heterocycles. The lowest BCUT2D eigenvalue weighted by atomic mass is 9.96. The Bertz CT molecular complexity index is 1260. The quantitative estimate of drug-likeness (QED) is 0.459. The summed E-state index contributed by atoms with van der Waals surface area (Å²) in [5.74, 6) is 0. The van der Waals surface area contributed by atoms with Crippen LogP contribution in [0.1, 0.15) is 5.56 Å². The zero-order valence-corrected chi connectivity index (χ0v) is 14.2. The molecule has 5 aromatic rings. The average molecular weight is 335 g/mol. The van der Waals surface area contributed by atoms with E-state index in [1.807, 2.05) is 18.3 Å². The summed E-state index contributed by atoms with van der Waals surface area (Å²) in [5.41, 5.74) is 8.78. The number of fused-ring (bicyclic) bond motifs is 5. The summed E-state index contributed by atoms with van der Waals surface area (Å²) in [5, 5.41) is 15.9. The van der Waals surface area contributed by atoms with Crippen molar-refractivity contribution < 1.29 is 0 Å². The predicted octanol–water partition coefficient (Wildman–Crippen LogP) is 5.06. The molecule has 4 aromatic carbocycles. The minimum atomic E-state index is 0.541. The van der Waals surface area contributed by atoms with Gasteiger partial charge in [0, 0.05) is 22.9 Å². The molecule has 0 atom stereocenters. The Morgan fingerprint density at radius 1 is 0.654 bits per heavy atom. The van der Waals surface area contributed by atoms with E-state index in [4.69, 9.17) is 5.73 Å². The minimum absolute atomic E-state index is 0.541. The van der Waals surface area contributed by atoms with Crippen molar-refractivity contribution in [3.63, 3.8) is 0 Å². The number of rotatable bonds is 2. The number of hydrogen-bond acceptors (Lipinski definition) is 3. The molecule has 0 bridgehead atoms. The number of aromatic nitrogens is 2. The molecular weight excluding hydrogens is 318 g/mol. The Balaban J connectivity index is 1.81. The van der Waals surface area contributed by atoms with Gasteiger partial charge in [-0.1, -0.05) is 72.8 Å². The van der Waals surface area contributed by atoms with Crippen molar-refractivity contribution in [1.82, 2.24) is 10.2 Å².